The van der Waals surface area contributed by atoms with Crippen LogP contribution in [-0.2, 0) is 11.3 Å². The van der Waals surface area contributed by atoms with E-state index in [1.807, 2.05) is 6.07 Å². The summed E-state index contributed by atoms with van der Waals surface area (Å²) in [4.78, 5) is 53.0. The first-order valence-corrected chi connectivity index (χ1v) is 11.7. The monoisotopic (exact) mass is 452 g/mol. The normalized spacial score (nSPS) is 20.2. The number of urea groups is 1. The Labute approximate surface area is 189 Å². The summed E-state index contributed by atoms with van der Waals surface area (Å²) in [6, 6.07) is 6.84. The lowest BCUT2D eigenvalue weighted by Gasteiger charge is -2.32. The number of rotatable bonds is 4. The summed E-state index contributed by atoms with van der Waals surface area (Å²) in [5.74, 6) is -0.870. The molecule has 0 spiro atoms. The Hall–Kier alpha value is -3.04. The second-order valence-corrected chi connectivity index (χ2v) is 9.68. The Bertz CT molecular complexity index is 1120. The van der Waals surface area contributed by atoms with Crippen molar-refractivity contribution in [2.24, 2.45) is 0 Å². The molecular weight excluding hydrogens is 428 g/mol. The number of imide groups is 2. The van der Waals surface area contributed by atoms with Gasteiger partial charge in [-0.25, -0.2) is 9.80 Å². The van der Waals surface area contributed by atoms with Crippen molar-refractivity contribution in [2.75, 3.05) is 19.6 Å². The van der Waals surface area contributed by atoms with Gasteiger partial charge in [0.05, 0.1) is 17.7 Å². The minimum atomic E-state index is -0.750. The molecule has 5 amide bonds. The second kappa shape index (κ2) is 8.14. The number of likely N-dealkylation sites (tertiary alicyclic amines) is 1. The number of thiophene rings is 1. The van der Waals surface area contributed by atoms with E-state index < -0.39 is 23.8 Å². The predicted octanol–water partition coefficient (Wildman–Crippen LogP) is 2.89. The van der Waals surface area contributed by atoms with Gasteiger partial charge in [0.15, 0.2) is 0 Å². The number of hydrazine groups is 1. The lowest BCUT2D eigenvalue weighted by molar-refractivity contribution is -0.122. The van der Waals surface area contributed by atoms with Crippen LogP contribution in [-0.4, -0.2) is 58.3 Å². The van der Waals surface area contributed by atoms with E-state index in [0.717, 1.165) is 41.5 Å². The van der Waals surface area contributed by atoms with Crippen molar-refractivity contribution < 1.29 is 19.2 Å². The Morgan fingerprint density at radius 1 is 1.00 bits per heavy atom. The molecule has 0 aliphatic carbocycles. The molecule has 1 N–H and O–H groups in total. The highest BCUT2D eigenvalue weighted by molar-refractivity contribution is 7.10. The van der Waals surface area contributed by atoms with E-state index in [9.17, 15) is 19.2 Å². The van der Waals surface area contributed by atoms with Gasteiger partial charge in [0.1, 0.15) is 0 Å². The number of piperidine rings is 1. The number of hydrogen-bond acceptors (Lipinski definition) is 6. The van der Waals surface area contributed by atoms with E-state index in [1.54, 1.807) is 23.5 Å². The molecule has 1 aromatic heterocycles. The van der Waals surface area contributed by atoms with Crippen molar-refractivity contribution in [3.63, 3.8) is 0 Å². The summed E-state index contributed by atoms with van der Waals surface area (Å²) in [7, 11) is 0. The van der Waals surface area contributed by atoms with Gasteiger partial charge in [-0.1, -0.05) is 6.07 Å². The van der Waals surface area contributed by atoms with Crippen molar-refractivity contribution in [3.8, 4) is 0 Å². The second-order valence-electron chi connectivity index (χ2n) is 8.57. The van der Waals surface area contributed by atoms with Crippen LogP contribution in [0.5, 0.6) is 0 Å². The molecule has 166 valence electrons. The van der Waals surface area contributed by atoms with Gasteiger partial charge in [0.25, 0.3) is 11.8 Å². The summed E-state index contributed by atoms with van der Waals surface area (Å²) < 4.78 is 0. The number of nitrogens with one attached hydrogen (secondary N) is 1. The van der Waals surface area contributed by atoms with Gasteiger partial charge in [-0.05, 0) is 73.5 Å². The number of benzene rings is 1. The fourth-order valence-electron chi connectivity index (χ4n) is 4.70. The number of fused-ring (bicyclic) bond motifs is 1. The average Bonchev–Trinajstić information content (AvgIpc) is 3.31. The molecule has 0 bridgehead atoms. The number of carbonyl (C=O) groups is 4. The third kappa shape index (κ3) is 3.71. The molecule has 9 heteroatoms. The Morgan fingerprint density at radius 2 is 1.75 bits per heavy atom. The van der Waals surface area contributed by atoms with Gasteiger partial charge in [-0.3, -0.25) is 24.6 Å². The van der Waals surface area contributed by atoms with Crippen molar-refractivity contribution in [3.05, 3.63) is 56.8 Å². The maximum Gasteiger partial charge on any atom is 0.343 e. The van der Waals surface area contributed by atoms with Crippen LogP contribution in [0.2, 0.25) is 0 Å². The van der Waals surface area contributed by atoms with Gasteiger partial charge in [0, 0.05) is 17.8 Å². The van der Waals surface area contributed by atoms with Crippen LogP contribution in [0.15, 0.2) is 29.6 Å². The van der Waals surface area contributed by atoms with Crippen LogP contribution in [0.3, 0.4) is 0 Å². The zero-order valence-corrected chi connectivity index (χ0v) is 18.6. The third-order valence-electron chi connectivity index (χ3n) is 6.42. The van der Waals surface area contributed by atoms with Crippen LogP contribution in [0, 0.1) is 6.92 Å². The van der Waals surface area contributed by atoms with Gasteiger partial charge in [-0.2, -0.15) is 5.01 Å². The largest absolute Gasteiger partial charge is 0.343 e. The van der Waals surface area contributed by atoms with Crippen molar-refractivity contribution >= 4 is 35.1 Å². The van der Waals surface area contributed by atoms with E-state index >= 15 is 0 Å². The summed E-state index contributed by atoms with van der Waals surface area (Å²) >= 11 is 1.80. The van der Waals surface area contributed by atoms with Crippen molar-refractivity contribution in [2.45, 2.75) is 38.6 Å². The van der Waals surface area contributed by atoms with Crippen LogP contribution in [0.4, 0.5) is 4.79 Å². The summed E-state index contributed by atoms with van der Waals surface area (Å²) in [6.45, 7) is 4.82. The van der Waals surface area contributed by atoms with Gasteiger partial charge in [-0.15, -0.1) is 11.3 Å². The third-order valence-corrected chi connectivity index (χ3v) is 7.30. The fraction of sp³-hybridized carbons (Fsp3) is 0.391. The maximum absolute atomic E-state index is 13.0. The van der Waals surface area contributed by atoms with Crippen molar-refractivity contribution in [1.82, 2.24) is 20.2 Å². The minimum Gasteiger partial charge on any atom is -0.299 e. The summed E-state index contributed by atoms with van der Waals surface area (Å²) in [6.07, 6.45) is 2.26. The molecule has 2 aromatic rings. The Morgan fingerprint density at radius 3 is 2.44 bits per heavy atom. The Kier molecular flexibility index (Phi) is 5.30. The molecule has 1 aromatic carbocycles. The first-order chi connectivity index (χ1) is 15.4. The molecule has 0 unspecified atom stereocenters. The lowest BCUT2D eigenvalue weighted by atomic mass is 9.91. The van der Waals surface area contributed by atoms with Crippen LogP contribution >= 0.6 is 11.3 Å². The molecule has 4 heterocycles. The van der Waals surface area contributed by atoms with E-state index in [4.69, 9.17) is 0 Å². The average molecular weight is 453 g/mol. The van der Waals surface area contributed by atoms with Crippen LogP contribution < -0.4 is 5.32 Å². The molecule has 0 radical (unpaired) electrons. The molecule has 3 aliphatic heterocycles. The molecule has 2 fully saturated rings. The zero-order valence-electron chi connectivity index (χ0n) is 17.8. The number of amides is 5. The maximum atomic E-state index is 13.0. The van der Waals surface area contributed by atoms with E-state index in [-0.39, 0.29) is 18.5 Å². The van der Waals surface area contributed by atoms with E-state index in [1.165, 1.54) is 10.4 Å². The highest BCUT2D eigenvalue weighted by Crippen LogP contribution is 2.32. The van der Waals surface area contributed by atoms with Gasteiger partial charge in [0.2, 0.25) is 5.91 Å². The van der Waals surface area contributed by atoms with Gasteiger partial charge < -0.3 is 0 Å². The quantitative estimate of drug-likeness (QED) is 0.721. The number of hydrogen-bond donors (Lipinski definition) is 1. The molecule has 5 rings (SSSR count). The number of nitrogens with zero attached hydrogens (tertiary/aromatic N) is 3. The number of carbonyl (C=O) groups excluding carboxylic acids is 4. The molecular formula is C23H24N4O4S. The topological polar surface area (TPSA) is 90.0 Å². The zero-order chi connectivity index (χ0) is 22.4. The Balaban J connectivity index is 1.26. The highest BCUT2D eigenvalue weighted by atomic mass is 32.1. The van der Waals surface area contributed by atoms with E-state index in [2.05, 4.69) is 28.6 Å². The lowest BCUT2D eigenvalue weighted by Crippen LogP contribution is -2.58. The molecule has 2 saturated heterocycles. The predicted molar refractivity (Wildman–Crippen MR) is 118 cm³/mol. The molecule has 32 heavy (non-hydrogen) atoms. The first-order valence-electron chi connectivity index (χ1n) is 10.8. The SMILES string of the molecule is Cc1cc(C2CCN(Cc3ccc4c(c3)C(=O)N(N3CCC(=O)NC3=O)C4=O)CC2)cs1. The minimum absolute atomic E-state index is 0.00158. The molecule has 8 nitrogen and oxygen atoms in total. The summed E-state index contributed by atoms with van der Waals surface area (Å²) in [5, 5.41) is 6.29. The summed E-state index contributed by atoms with van der Waals surface area (Å²) in [5.41, 5.74) is 3.00. The first kappa shape index (κ1) is 20.8. The fourth-order valence-corrected chi connectivity index (χ4v) is 5.49. The van der Waals surface area contributed by atoms with Gasteiger partial charge >= 0.3 is 6.03 Å². The molecule has 3 aliphatic rings. The van der Waals surface area contributed by atoms with Crippen molar-refractivity contribution in [1.29, 1.82) is 0 Å². The van der Waals surface area contributed by atoms with E-state index in [0.29, 0.717) is 18.0 Å². The van der Waals surface area contributed by atoms with Crippen LogP contribution in [0.1, 0.15) is 61.9 Å². The van der Waals surface area contributed by atoms with Crippen LogP contribution in [0.25, 0.3) is 0 Å². The molecule has 0 atom stereocenters. The standard InChI is InChI=1S/C23H24N4O4S/c1-14-10-17(13-32-14)16-4-7-25(8-5-16)12-15-2-3-18-19(11-15)22(30)27(21(18)29)26-9-6-20(28)24-23(26)31/h2-3,10-11,13,16H,4-9,12H2,1H3,(H,24,28,31). The number of aryl methyl sites for hydroxylation is 1. The molecule has 0 saturated carbocycles. The highest BCUT2D eigenvalue weighted by Gasteiger charge is 2.43. The smallest absolute Gasteiger partial charge is 0.299 e.